The van der Waals surface area contributed by atoms with Crippen molar-refractivity contribution in [1.29, 1.82) is 0 Å². The van der Waals surface area contributed by atoms with Gasteiger partial charge in [0.05, 0.1) is 28.5 Å². The highest BCUT2D eigenvalue weighted by Gasteiger charge is 2.30. The Balaban J connectivity index is 2.77. The normalized spacial score (nSPS) is 11.5. The Kier molecular flexibility index (Phi) is 4.30. The SMILES string of the molecule is COC(=O)c1nn(-c2ccccc2Cl)c(C(C)(C)C)c1Cl. The van der Waals surface area contributed by atoms with Crippen molar-refractivity contribution in [3.63, 3.8) is 0 Å². The number of methoxy groups -OCH3 is 1. The number of hydrogen-bond donors (Lipinski definition) is 0. The molecule has 0 amide bonds. The number of para-hydroxylation sites is 1. The summed E-state index contributed by atoms with van der Waals surface area (Å²) in [5.74, 6) is -0.573. The van der Waals surface area contributed by atoms with Gasteiger partial charge in [-0.2, -0.15) is 5.10 Å². The largest absolute Gasteiger partial charge is 0.464 e. The van der Waals surface area contributed by atoms with Crippen LogP contribution in [0.5, 0.6) is 0 Å². The molecule has 0 aliphatic rings. The van der Waals surface area contributed by atoms with Crippen molar-refractivity contribution in [2.75, 3.05) is 7.11 Å². The number of carbonyl (C=O) groups excluding carboxylic acids is 1. The molecular weight excluding hydrogens is 311 g/mol. The molecule has 0 N–H and O–H groups in total. The molecule has 0 aliphatic carbocycles. The smallest absolute Gasteiger partial charge is 0.360 e. The second kappa shape index (κ2) is 5.70. The number of benzene rings is 1. The molecule has 0 saturated heterocycles. The van der Waals surface area contributed by atoms with Crippen LogP contribution in [0.1, 0.15) is 37.0 Å². The maximum Gasteiger partial charge on any atom is 0.360 e. The molecule has 0 spiro atoms. The Morgan fingerprint density at radius 3 is 2.38 bits per heavy atom. The molecule has 0 saturated carbocycles. The van der Waals surface area contributed by atoms with Gasteiger partial charge in [0.2, 0.25) is 0 Å². The van der Waals surface area contributed by atoms with Crippen molar-refractivity contribution in [2.24, 2.45) is 0 Å². The Hall–Kier alpha value is -1.52. The van der Waals surface area contributed by atoms with Gasteiger partial charge in [0.25, 0.3) is 0 Å². The van der Waals surface area contributed by atoms with Crippen LogP contribution in [0.4, 0.5) is 0 Å². The Morgan fingerprint density at radius 2 is 1.86 bits per heavy atom. The standard InChI is InChI=1S/C15H16Cl2N2O2/c1-15(2,3)13-11(17)12(14(20)21-4)18-19(13)10-8-6-5-7-9(10)16/h5-8H,1-4H3. The summed E-state index contributed by atoms with van der Waals surface area (Å²) in [6.07, 6.45) is 0. The molecule has 1 aromatic carbocycles. The molecule has 4 nitrogen and oxygen atoms in total. The lowest BCUT2D eigenvalue weighted by molar-refractivity contribution is 0.0593. The van der Waals surface area contributed by atoms with Gasteiger partial charge in [0.15, 0.2) is 5.69 Å². The van der Waals surface area contributed by atoms with E-state index in [0.717, 1.165) is 0 Å². The number of aromatic nitrogens is 2. The first-order chi connectivity index (χ1) is 9.77. The zero-order valence-electron chi connectivity index (χ0n) is 12.3. The maximum absolute atomic E-state index is 11.8. The van der Waals surface area contributed by atoms with Gasteiger partial charge in [0.1, 0.15) is 0 Å². The van der Waals surface area contributed by atoms with E-state index < -0.39 is 5.97 Å². The summed E-state index contributed by atoms with van der Waals surface area (Å²) < 4.78 is 6.34. The molecule has 0 unspecified atom stereocenters. The third kappa shape index (κ3) is 2.92. The fourth-order valence-corrected chi connectivity index (χ4v) is 2.77. The Labute approximate surface area is 133 Å². The lowest BCUT2D eigenvalue weighted by Crippen LogP contribution is -2.18. The minimum atomic E-state index is -0.573. The Bertz CT molecular complexity index is 687. The van der Waals surface area contributed by atoms with Gasteiger partial charge in [-0.1, -0.05) is 56.1 Å². The van der Waals surface area contributed by atoms with Crippen LogP contribution in [-0.2, 0) is 10.2 Å². The van der Waals surface area contributed by atoms with Gasteiger partial charge >= 0.3 is 5.97 Å². The molecule has 0 bridgehead atoms. The fraction of sp³-hybridized carbons (Fsp3) is 0.333. The van der Waals surface area contributed by atoms with Gasteiger partial charge in [-0.3, -0.25) is 0 Å². The van der Waals surface area contributed by atoms with Crippen LogP contribution < -0.4 is 0 Å². The van der Waals surface area contributed by atoms with Crippen LogP contribution in [0.3, 0.4) is 0 Å². The van der Waals surface area contributed by atoms with E-state index in [2.05, 4.69) is 5.10 Å². The highest BCUT2D eigenvalue weighted by atomic mass is 35.5. The molecule has 112 valence electrons. The molecule has 1 heterocycles. The average Bonchev–Trinajstić information content (AvgIpc) is 2.75. The lowest BCUT2D eigenvalue weighted by Gasteiger charge is -2.21. The van der Waals surface area contributed by atoms with Crippen LogP contribution in [0.2, 0.25) is 10.0 Å². The van der Waals surface area contributed by atoms with Crippen LogP contribution in [0.25, 0.3) is 5.69 Å². The monoisotopic (exact) mass is 326 g/mol. The third-order valence-corrected chi connectivity index (χ3v) is 3.68. The van der Waals surface area contributed by atoms with Crippen LogP contribution in [-0.4, -0.2) is 22.9 Å². The van der Waals surface area contributed by atoms with E-state index in [1.54, 1.807) is 10.7 Å². The predicted molar refractivity (Wildman–Crippen MR) is 83.6 cm³/mol. The lowest BCUT2D eigenvalue weighted by atomic mass is 9.91. The van der Waals surface area contributed by atoms with Crippen molar-refractivity contribution in [1.82, 2.24) is 9.78 Å². The summed E-state index contributed by atoms with van der Waals surface area (Å²) in [4.78, 5) is 11.8. The molecule has 1 aromatic heterocycles. The summed E-state index contributed by atoms with van der Waals surface area (Å²) in [5.41, 5.74) is 1.14. The van der Waals surface area contributed by atoms with E-state index in [9.17, 15) is 4.79 Å². The van der Waals surface area contributed by atoms with E-state index in [1.165, 1.54) is 7.11 Å². The minimum Gasteiger partial charge on any atom is -0.464 e. The fourth-order valence-electron chi connectivity index (χ4n) is 2.07. The topological polar surface area (TPSA) is 44.1 Å². The first-order valence-electron chi connectivity index (χ1n) is 6.39. The second-order valence-corrected chi connectivity index (χ2v) is 6.40. The molecule has 2 rings (SSSR count). The zero-order valence-corrected chi connectivity index (χ0v) is 13.8. The minimum absolute atomic E-state index is 0.0870. The van der Waals surface area contributed by atoms with Gasteiger partial charge in [-0.15, -0.1) is 0 Å². The van der Waals surface area contributed by atoms with E-state index in [4.69, 9.17) is 27.9 Å². The van der Waals surface area contributed by atoms with E-state index >= 15 is 0 Å². The summed E-state index contributed by atoms with van der Waals surface area (Å²) in [7, 11) is 1.30. The third-order valence-electron chi connectivity index (χ3n) is 3.00. The van der Waals surface area contributed by atoms with Gasteiger partial charge in [-0.25, -0.2) is 9.48 Å². The van der Waals surface area contributed by atoms with Crippen molar-refractivity contribution in [3.8, 4) is 5.69 Å². The summed E-state index contributed by atoms with van der Waals surface area (Å²) in [5, 5.41) is 5.12. The van der Waals surface area contributed by atoms with E-state index in [-0.39, 0.29) is 16.1 Å². The summed E-state index contributed by atoms with van der Waals surface area (Å²) in [6.45, 7) is 5.97. The van der Waals surface area contributed by atoms with E-state index in [0.29, 0.717) is 16.4 Å². The molecule has 2 aromatic rings. The maximum atomic E-state index is 11.8. The number of ether oxygens (including phenoxy) is 1. The molecule has 0 radical (unpaired) electrons. The van der Waals surface area contributed by atoms with E-state index in [1.807, 2.05) is 39.0 Å². The number of halogens is 2. The van der Waals surface area contributed by atoms with Crippen molar-refractivity contribution >= 4 is 29.2 Å². The number of carbonyl (C=O) groups is 1. The van der Waals surface area contributed by atoms with Crippen LogP contribution in [0.15, 0.2) is 24.3 Å². The first kappa shape index (κ1) is 15.9. The second-order valence-electron chi connectivity index (χ2n) is 5.62. The van der Waals surface area contributed by atoms with Crippen molar-refractivity contribution in [3.05, 3.63) is 45.7 Å². The van der Waals surface area contributed by atoms with Gasteiger partial charge in [-0.05, 0) is 12.1 Å². The van der Waals surface area contributed by atoms with Gasteiger partial charge in [0, 0.05) is 5.41 Å². The summed E-state index contributed by atoms with van der Waals surface area (Å²) in [6, 6.07) is 7.26. The van der Waals surface area contributed by atoms with Crippen molar-refractivity contribution < 1.29 is 9.53 Å². The molecule has 6 heteroatoms. The molecule has 0 fully saturated rings. The number of rotatable bonds is 2. The highest BCUT2D eigenvalue weighted by Crippen LogP contribution is 2.35. The number of esters is 1. The van der Waals surface area contributed by atoms with Crippen LogP contribution >= 0.6 is 23.2 Å². The van der Waals surface area contributed by atoms with Gasteiger partial charge < -0.3 is 4.74 Å². The zero-order chi connectivity index (χ0) is 15.8. The first-order valence-corrected chi connectivity index (χ1v) is 7.15. The highest BCUT2D eigenvalue weighted by molar-refractivity contribution is 6.34. The summed E-state index contributed by atoms with van der Waals surface area (Å²) >= 11 is 12.6. The predicted octanol–water partition coefficient (Wildman–Crippen LogP) is 4.26. The van der Waals surface area contributed by atoms with Crippen LogP contribution in [0, 0.1) is 0 Å². The van der Waals surface area contributed by atoms with Crippen molar-refractivity contribution in [2.45, 2.75) is 26.2 Å². The molecular formula is C15H16Cl2N2O2. The molecule has 0 aliphatic heterocycles. The molecule has 21 heavy (non-hydrogen) atoms. The number of nitrogens with zero attached hydrogens (tertiary/aromatic N) is 2. The number of hydrogen-bond acceptors (Lipinski definition) is 3. The molecule has 0 atom stereocenters. The Morgan fingerprint density at radius 1 is 1.24 bits per heavy atom. The average molecular weight is 327 g/mol. The quantitative estimate of drug-likeness (QED) is 0.774.